The number of primary amides is 1. The quantitative estimate of drug-likeness (QED) is 0.678. The second kappa shape index (κ2) is 3.26. The van der Waals surface area contributed by atoms with Crippen molar-refractivity contribution in [2.24, 2.45) is 5.73 Å². The zero-order valence-electron chi connectivity index (χ0n) is 6.87. The average Bonchev–Trinajstić information content (AvgIpc) is 1.96. The number of aryl methyl sites for hydroxylation is 1. The van der Waals surface area contributed by atoms with Gasteiger partial charge >= 0.3 is 0 Å². The zero-order chi connectivity index (χ0) is 9.14. The molecule has 0 saturated carbocycles. The van der Waals surface area contributed by atoms with E-state index in [9.17, 15) is 4.79 Å². The molecule has 1 amide bonds. The van der Waals surface area contributed by atoms with E-state index in [-0.39, 0.29) is 18.1 Å². The van der Waals surface area contributed by atoms with Crippen LogP contribution in [0.5, 0.6) is 5.75 Å². The smallest absolute Gasteiger partial charge is 0.221 e. The highest BCUT2D eigenvalue weighted by atomic mass is 16.3. The maximum atomic E-state index is 10.5. The van der Waals surface area contributed by atoms with Crippen molar-refractivity contribution >= 4 is 5.91 Å². The largest absolute Gasteiger partial charge is 0.508 e. The fraction of sp³-hybridized carbons (Fsp3) is 0.222. The molecule has 3 nitrogen and oxygen atoms in total. The Kier molecular flexibility index (Phi) is 2.33. The number of hydrogen-bond donors (Lipinski definition) is 2. The van der Waals surface area contributed by atoms with E-state index in [1.807, 2.05) is 0 Å². The summed E-state index contributed by atoms with van der Waals surface area (Å²) < 4.78 is 0. The number of carbonyl (C=O) groups excluding carboxylic acids is 1. The molecule has 0 unspecified atom stereocenters. The number of hydrogen-bond acceptors (Lipinski definition) is 2. The maximum Gasteiger partial charge on any atom is 0.221 e. The Morgan fingerprint density at radius 2 is 2.25 bits per heavy atom. The number of phenolic OH excluding ortho intramolecular Hbond substituents is 1. The SMILES string of the molecule is Cc1cc(CC(N)=O)ccc1O. The molecule has 0 aromatic heterocycles. The van der Waals surface area contributed by atoms with Gasteiger partial charge in [-0.15, -0.1) is 0 Å². The van der Waals surface area contributed by atoms with Crippen LogP contribution in [0.1, 0.15) is 11.1 Å². The number of carbonyl (C=O) groups is 1. The highest BCUT2D eigenvalue weighted by Crippen LogP contribution is 2.16. The fourth-order valence-electron chi connectivity index (χ4n) is 1.03. The van der Waals surface area contributed by atoms with Crippen molar-refractivity contribution in [2.75, 3.05) is 0 Å². The van der Waals surface area contributed by atoms with E-state index in [0.717, 1.165) is 11.1 Å². The first-order valence-electron chi connectivity index (χ1n) is 3.66. The normalized spacial score (nSPS) is 9.75. The lowest BCUT2D eigenvalue weighted by atomic mass is 10.1. The van der Waals surface area contributed by atoms with Crippen LogP contribution in [0, 0.1) is 6.92 Å². The van der Waals surface area contributed by atoms with Crippen molar-refractivity contribution in [1.29, 1.82) is 0 Å². The number of benzene rings is 1. The van der Waals surface area contributed by atoms with E-state index in [1.165, 1.54) is 0 Å². The summed E-state index contributed by atoms with van der Waals surface area (Å²) in [6.07, 6.45) is 0.223. The third-order valence-electron chi connectivity index (χ3n) is 1.64. The minimum Gasteiger partial charge on any atom is -0.508 e. The van der Waals surface area contributed by atoms with Crippen LogP contribution in [0.25, 0.3) is 0 Å². The van der Waals surface area contributed by atoms with E-state index in [4.69, 9.17) is 10.8 Å². The van der Waals surface area contributed by atoms with Gasteiger partial charge in [-0.3, -0.25) is 4.79 Å². The molecule has 12 heavy (non-hydrogen) atoms. The molecule has 0 spiro atoms. The Balaban J connectivity index is 2.89. The van der Waals surface area contributed by atoms with Crippen LogP contribution >= 0.6 is 0 Å². The summed E-state index contributed by atoms with van der Waals surface area (Å²) in [7, 11) is 0. The second-order valence-electron chi connectivity index (χ2n) is 2.76. The number of aromatic hydroxyl groups is 1. The number of amides is 1. The van der Waals surface area contributed by atoms with E-state index >= 15 is 0 Å². The lowest BCUT2D eigenvalue weighted by molar-refractivity contribution is -0.117. The molecule has 3 N–H and O–H groups in total. The Morgan fingerprint density at radius 3 is 2.75 bits per heavy atom. The van der Waals surface area contributed by atoms with Crippen molar-refractivity contribution in [1.82, 2.24) is 0 Å². The first-order chi connectivity index (χ1) is 5.59. The molecule has 0 bridgehead atoms. The van der Waals surface area contributed by atoms with Crippen molar-refractivity contribution in [3.8, 4) is 5.75 Å². The number of rotatable bonds is 2. The summed E-state index contributed by atoms with van der Waals surface area (Å²) in [5.74, 6) is -0.122. The van der Waals surface area contributed by atoms with Crippen LogP contribution in [0.3, 0.4) is 0 Å². The standard InChI is InChI=1S/C9H11NO2/c1-6-4-7(5-9(10)12)2-3-8(6)11/h2-4,11H,5H2,1H3,(H2,10,12). The van der Waals surface area contributed by atoms with Gasteiger partial charge in [0, 0.05) is 0 Å². The minimum absolute atomic E-state index is 0.223. The van der Waals surface area contributed by atoms with Gasteiger partial charge < -0.3 is 10.8 Å². The fourth-order valence-corrected chi connectivity index (χ4v) is 1.03. The molecule has 0 aliphatic heterocycles. The van der Waals surface area contributed by atoms with Gasteiger partial charge in [-0.1, -0.05) is 12.1 Å². The van der Waals surface area contributed by atoms with E-state index in [0.29, 0.717) is 0 Å². The molecule has 3 heteroatoms. The topological polar surface area (TPSA) is 63.3 Å². The Hall–Kier alpha value is -1.51. The van der Waals surface area contributed by atoms with E-state index in [2.05, 4.69) is 0 Å². The highest BCUT2D eigenvalue weighted by Gasteiger charge is 2.00. The Morgan fingerprint density at radius 1 is 1.58 bits per heavy atom. The van der Waals surface area contributed by atoms with Crippen molar-refractivity contribution in [2.45, 2.75) is 13.3 Å². The van der Waals surface area contributed by atoms with Gasteiger partial charge in [-0.25, -0.2) is 0 Å². The second-order valence-corrected chi connectivity index (χ2v) is 2.76. The van der Waals surface area contributed by atoms with Gasteiger partial charge in [-0.2, -0.15) is 0 Å². The maximum absolute atomic E-state index is 10.5. The van der Waals surface area contributed by atoms with Gasteiger partial charge in [0.05, 0.1) is 6.42 Å². The highest BCUT2D eigenvalue weighted by molar-refractivity contribution is 5.76. The van der Waals surface area contributed by atoms with Gasteiger partial charge in [0.15, 0.2) is 0 Å². The van der Waals surface area contributed by atoms with Gasteiger partial charge in [0.25, 0.3) is 0 Å². The molecule has 1 rings (SSSR count). The summed E-state index contributed by atoms with van der Waals surface area (Å²) in [5.41, 5.74) is 6.60. The van der Waals surface area contributed by atoms with Gasteiger partial charge in [0.1, 0.15) is 5.75 Å². The van der Waals surface area contributed by atoms with Crippen LogP contribution < -0.4 is 5.73 Å². The lowest BCUT2D eigenvalue weighted by Crippen LogP contribution is -2.13. The van der Waals surface area contributed by atoms with Crippen LogP contribution in [-0.4, -0.2) is 11.0 Å². The van der Waals surface area contributed by atoms with Crippen molar-refractivity contribution < 1.29 is 9.90 Å². The van der Waals surface area contributed by atoms with Crippen LogP contribution in [0.2, 0.25) is 0 Å². The monoisotopic (exact) mass is 165 g/mol. The predicted molar refractivity (Wildman–Crippen MR) is 45.7 cm³/mol. The molecule has 64 valence electrons. The summed E-state index contributed by atoms with van der Waals surface area (Å²) >= 11 is 0. The van der Waals surface area contributed by atoms with Crippen LogP contribution in [-0.2, 0) is 11.2 Å². The van der Waals surface area contributed by atoms with Crippen molar-refractivity contribution in [3.63, 3.8) is 0 Å². The van der Waals surface area contributed by atoms with Crippen LogP contribution in [0.4, 0.5) is 0 Å². The molecule has 0 radical (unpaired) electrons. The third-order valence-corrected chi connectivity index (χ3v) is 1.64. The summed E-state index contributed by atoms with van der Waals surface area (Å²) in [6, 6.07) is 5.00. The number of nitrogens with two attached hydrogens (primary N) is 1. The first kappa shape index (κ1) is 8.59. The molecule has 1 aromatic carbocycles. The predicted octanol–water partition coefficient (Wildman–Crippen LogP) is 0.728. The third kappa shape index (κ3) is 1.99. The molecule has 1 aromatic rings. The molecule has 0 heterocycles. The van der Waals surface area contributed by atoms with E-state index in [1.54, 1.807) is 25.1 Å². The molecule has 0 fully saturated rings. The Labute approximate surface area is 70.8 Å². The van der Waals surface area contributed by atoms with E-state index < -0.39 is 0 Å². The molecular formula is C9H11NO2. The van der Waals surface area contributed by atoms with Crippen molar-refractivity contribution in [3.05, 3.63) is 29.3 Å². The van der Waals surface area contributed by atoms with Gasteiger partial charge in [0.2, 0.25) is 5.91 Å². The van der Waals surface area contributed by atoms with Gasteiger partial charge in [-0.05, 0) is 24.1 Å². The number of phenols is 1. The summed E-state index contributed by atoms with van der Waals surface area (Å²) in [4.78, 5) is 10.5. The summed E-state index contributed by atoms with van der Waals surface area (Å²) in [6.45, 7) is 1.78. The van der Waals surface area contributed by atoms with Crippen LogP contribution in [0.15, 0.2) is 18.2 Å². The first-order valence-corrected chi connectivity index (χ1v) is 3.66. The molecule has 0 atom stereocenters. The lowest BCUT2D eigenvalue weighted by Gasteiger charge is -2.01. The minimum atomic E-state index is -0.361. The molecule has 0 saturated heterocycles. The molecular weight excluding hydrogens is 154 g/mol. The summed E-state index contributed by atoms with van der Waals surface area (Å²) in [5, 5.41) is 9.16. The molecule has 0 aliphatic rings. The Bertz CT molecular complexity index is 307. The zero-order valence-corrected chi connectivity index (χ0v) is 6.87. The average molecular weight is 165 g/mol. The molecule has 0 aliphatic carbocycles.